The summed E-state index contributed by atoms with van der Waals surface area (Å²) in [6.07, 6.45) is 6.55. The van der Waals surface area contributed by atoms with Gasteiger partial charge in [-0.05, 0) is 26.3 Å². The average molecular weight is 263 g/mol. The molecule has 0 amide bonds. The fourth-order valence-electron chi connectivity index (χ4n) is 1.84. The third-order valence-corrected chi connectivity index (χ3v) is 2.97. The van der Waals surface area contributed by atoms with Crippen molar-refractivity contribution < 1.29 is 4.52 Å². The lowest BCUT2D eigenvalue weighted by molar-refractivity contribution is 0.367. The summed E-state index contributed by atoms with van der Waals surface area (Å²) in [7, 11) is 1.87. The van der Waals surface area contributed by atoms with Crippen molar-refractivity contribution in [3.8, 4) is 11.4 Å². The van der Waals surface area contributed by atoms with Crippen molar-refractivity contribution in [2.24, 2.45) is 7.05 Å². The van der Waals surface area contributed by atoms with Crippen LogP contribution in [-0.4, -0.2) is 32.5 Å². The van der Waals surface area contributed by atoms with Gasteiger partial charge in [0.2, 0.25) is 11.7 Å². The molecule has 1 unspecified atom stereocenters. The summed E-state index contributed by atoms with van der Waals surface area (Å²) in [6, 6.07) is 0.466. The van der Waals surface area contributed by atoms with Crippen LogP contribution in [0.1, 0.15) is 32.6 Å². The van der Waals surface area contributed by atoms with E-state index in [1.165, 1.54) is 0 Å². The molecule has 0 aliphatic heterocycles. The fraction of sp³-hybridized carbons (Fsp3) is 0.615. The lowest BCUT2D eigenvalue weighted by Gasteiger charge is -2.10. The molecule has 0 bridgehead atoms. The molecule has 0 aliphatic carbocycles. The zero-order valence-corrected chi connectivity index (χ0v) is 11.8. The van der Waals surface area contributed by atoms with Gasteiger partial charge in [0.25, 0.3) is 0 Å². The van der Waals surface area contributed by atoms with Crippen molar-refractivity contribution in [1.82, 2.24) is 25.2 Å². The largest absolute Gasteiger partial charge is 0.339 e. The highest BCUT2D eigenvalue weighted by Gasteiger charge is 2.11. The Morgan fingerprint density at radius 2 is 2.32 bits per heavy atom. The van der Waals surface area contributed by atoms with Crippen LogP contribution < -0.4 is 5.32 Å². The molecule has 6 heteroatoms. The summed E-state index contributed by atoms with van der Waals surface area (Å²) in [5.74, 6) is 1.29. The molecule has 0 aromatic carbocycles. The van der Waals surface area contributed by atoms with Crippen molar-refractivity contribution in [3.63, 3.8) is 0 Å². The van der Waals surface area contributed by atoms with Gasteiger partial charge in [-0.2, -0.15) is 10.1 Å². The maximum atomic E-state index is 5.26. The van der Waals surface area contributed by atoms with Gasteiger partial charge >= 0.3 is 0 Å². The smallest absolute Gasteiger partial charge is 0.227 e. The van der Waals surface area contributed by atoms with Gasteiger partial charge in [-0.25, -0.2) is 0 Å². The highest BCUT2D eigenvalue weighted by atomic mass is 16.5. The van der Waals surface area contributed by atoms with Crippen molar-refractivity contribution in [2.45, 2.75) is 39.2 Å². The first-order chi connectivity index (χ1) is 9.19. The third-order valence-electron chi connectivity index (χ3n) is 2.97. The lowest BCUT2D eigenvalue weighted by atomic mass is 10.2. The average Bonchev–Trinajstić information content (AvgIpc) is 3.02. The topological polar surface area (TPSA) is 68.8 Å². The molecule has 2 heterocycles. The minimum atomic E-state index is 0.466. The molecule has 2 rings (SSSR count). The van der Waals surface area contributed by atoms with Crippen molar-refractivity contribution >= 4 is 0 Å². The molecule has 0 spiro atoms. The van der Waals surface area contributed by atoms with Crippen LogP contribution in [0.2, 0.25) is 0 Å². The quantitative estimate of drug-likeness (QED) is 0.824. The standard InChI is InChI=1S/C13H21N5O/c1-4-7-14-10(2)5-6-12-16-13(17-19-12)11-8-15-18(3)9-11/h8-10,14H,4-7H2,1-3H3. The zero-order chi connectivity index (χ0) is 13.7. The molecule has 6 nitrogen and oxygen atoms in total. The van der Waals surface area contributed by atoms with Crippen LogP contribution in [-0.2, 0) is 13.5 Å². The first-order valence-electron chi connectivity index (χ1n) is 6.74. The number of hydrogen-bond acceptors (Lipinski definition) is 5. The Hall–Kier alpha value is -1.69. The number of aromatic nitrogens is 4. The minimum Gasteiger partial charge on any atom is -0.339 e. The number of hydrogen-bond donors (Lipinski definition) is 1. The molecular formula is C13H21N5O. The number of rotatable bonds is 7. The van der Waals surface area contributed by atoms with E-state index in [9.17, 15) is 0 Å². The van der Waals surface area contributed by atoms with Gasteiger partial charge in [0.05, 0.1) is 11.8 Å². The fourth-order valence-corrected chi connectivity index (χ4v) is 1.84. The summed E-state index contributed by atoms with van der Waals surface area (Å²) in [5, 5.41) is 11.5. The molecule has 0 fully saturated rings. The summed E-state index contributed by atoms with van der Waals surface area (Å²) < 4.78 is 6.98. The molecule has 1 atom stereocenters. The predicted octanol–water partition coefficient (Wildman–Crippen LogP) is 1.79. The molecule has 2 aromatic rings. The van der Waals surface area contributed by atoms with Crippen LogP contribution >= 0.6 is 0 Å². The highest BCUT2D eigenvalue weighted by Crippen LogP contribution is 2.15. The van der Waals surface area contributed by atoms with E-state index < -0.39 is 0 Å². The number of nitrogens with one attached hydrogen (secondary N) is 1. The van der Waals surface area contributed by atoms with Crippen LogP contribution in [0.15, 0.2) is 16.9 Å². The van der Waals surface area contributed by atoms with E-state index in [0.717, 1.165) is 31.4 Å². The number of aryl methyl sites for hydroxylation is 2. The van der Waals surface area contributed by atoms with Gasteiger partial charge in [0.1, 0.15) is 0 Å². The van der Waals surface area contributed by atoms with Crippen LogP contribution in [0.3, 0.4) is 0 Å². The van der Waals surface area contributed by atoms with E-state index in [2.05, 4.69) is 34.4 Å². The van der Waals surface area contributed by atoms with Crippen molar-refractivity contribution in [3.05, 3.63) is 18.3 Å². The first kappa shape index (κ1) is 13.7. The van der Waals surface area contributed by atoms with Crippen LogP contribution in [0, 0.1) is 0 Å². The molecule has 0 saturated carbocycles. The Morgan fingerprint density at radius 1 is 1.47 bits per heavy atom. The second-order valence-corrected chi connectivity index (χ2v) is 4.81. The lowest BCUT2D eigenvalue weighted by Crippen LogP contribution is -2.27. The Balaban J connectivity index is 1.87. The predicted molar refractivity (Wildman–Crippen MR) is 72.6 cm³/mol. The second kappa shape index (κ2) is 6.47. The van der Waals surface area contributed by atoms with Gasteiger partial charge in [-0.1, -0.05) is 12.1 Å². The maximum Gasteiger partial charge on any atom is 0.227 e. The maximum absolute atomic E-state index is 5.26. The Kier molecular flexibility index (Phi) is 4.68. The minimum absolute atomic E-state index is 0.466. The second-order valence-electron chi connectivity index (χ2n) is 4.81. The van der Waals surface area contributed by atoms with E-state index in [4.69, 9.17) is 4.52 Å². The molecule has 1 N–H and O–H groups in total. The van der Waals surface area contributed by atoms with E-state index in [1.54, 1.807) is 10.9 Å². The summed E-state index contributed by atoms with van der Waals surface area (Å²) in [6.45, 7) is 5.39. The molecule has 0 radical (unpaired) electrons. The normalized spacial score (nSPS) is 12.8. The Labute approximate surface area is 113 Å². The summed E-state index contributed by atoms with van der Waals surface area (Å²) >= 11 is 0. The molecule has 19 heavy (non-hydrogen) atoms. The Bertz CT molecular complexity index is 505. The molecule has 0 saturated heterocycles. The van der Waals surface area contributed by atoms with Crippen LogP contribution in [0.25, 0.3) is 11.4 Å². The van der Waals surface area contributed by atoms with Crippen molar-refractivity contribution in [2.75, 3.05) is 6.54 Å². The van der Waals surface area contributed by atoms with Crippen molar-refractivity contribution in [1.29, 1.82) is 0 Å². The third kappa shape index (κ3) is 3.89. The molecular weight excluding hydrogens is 242 g/mol. The molecule has 0 aliphatic rings. The van der Waals surface area contributed by atoms with E-state index in [0.29, 0.717) is 17.8 Å². The highest BCUT2D eigenvalue weighted by molar-refractivity contribution is 5.50. The zero-order valence-electron chi connectivity index (χ0n) is 11.8. The Morgan fingerprint density at radius 3 is 3.00 bits per heavy atom. The van der Waals surface area contributed by atoms with Gasteiger partial charge in [-0.3, -0.25) is 4.68 Å². The van der Waals surface area contributed by atoms with E-state index >= 15 is 0 Å². The van der Waals surface area contributed by atoms with E-state index in [1.807, 2.05) is 13.2 Å². The summed E-state index contributed by atoms with van der Waals surface area (Å²) in [4.78, 5) is 4.39. The molecule has 104 valence electrons. The molecule has 2 aromatic heterocycles. The van der Waals surface area contributed by atoms with E-state index in [-0.39, 0.29) is 0 Å². The first-order valence-corrected chi connectivity index (χ1v) is 6.74. The van der Waals surface area contributed by atoms with Crippen LogP contribution in [0.5, 0.6) is 0 Å². The van der Waals surface area contributed by atoms with Crippen LogP contribution in [0.4, 0.5) is 0 Å². The SMILES string of the molecule is CCCNC(C)CCc1nc(-c2cnn(C)c2)no1. The van der Waals surface area contributed by atoms with Gasteiger partial charge in [0.15, 0.2) is 0 Å². The monoisotopic (exact) mass is 263 g/mol. The summed E-state index contributed by atoms with van der Waals surface area (Å²) in [5.41, 5.74) is 0.884. The number of nitrogens with zero attached hydrogens (tertiary/aromatic N) is 4. The van der Waals surface area contributed by atoms with Gasteiger partial charge < -0.3 is 9.84 Å². The van der Waals surface area contributed by atoms with Gasteiger partial charge in [0, 0.05) is 25.7 Å². The van der Waals surface area contributed by atoms with Gasteiger partial charge in [-0.15, -0.1) is 0 Å².